The van der Waals surface area contributed by atoms with Crippen molar-refractivity contribution in [1.29, 1.82) is 0 Å². The van der Waals surface area contributed by atoms with Gasteiger partial charge in [-0.15, -0.1) is 0 Å². The van der Waals surface area contributed by atoms with Crippen LogP contribution in [-0.4, -0.2) is 22.5 Å². The van der Waals surface area contributed by atoms with Crippen molar-refractivity contribution >= 4 is 17.3 Å². The highest BCUT2D eigenvalue weighted by atomic mass is 19.4. The number of nitro groups is 1. The van der Waals surface area contributed by atoms with E-state index < -0.39 is 34.7 Å². The predicted molar refractivity (Wildman–Crippen MR) is 84.0 cm³/mol. The minimum atomic E-state index is -4.84. The van der Waals surface area contributed by atoms with Crippen LogP contribution in [0.5, 0.6) is 5.75 Å². The number of amides is 1. The summed E-state index contributed by atoms with van der Waals surface area (Å²) in [6.45, 7) is -0.678. The second-order valence-corrected chi connectivity index (χ2v) is 5.04. The largest absolute Gasteiger partial charge is 0.494 e. The molecule has 1 amide bonds. The Morgan fingerprint density at radius 1 is 1.35 bits per heavy atom. The normalized spacial score (nSPS) is 11.1. The van der Waals surface area contributed by atoms with Gasteiger partial charge in [0.25, 0.3) is 11.2 Å². The number of pyridine rings is 1. The highest BCUT2D eigenvalue weighted by molar-refractivity contribution is 5.92. The van der Waals surface area contributed by atoms with Gasteiger partial charge in [0.1, 0.15) is 17.9 Å². The van der Waals surface area contributed by atoms with Crippen molar-refractivity contribution in [3.63, 3.8) is 0 Å². The first-order valence-corrected chi connectivity index (χ1v) is 7.02. The number of carbonyl (C=O) groups excluding carboxylic acids is 1. The van der Waals surface area contributed by atoms with Gasteiger partial charge in [0.05, 0.1) is 23.8 Å². The second-order valence-electron chi connectivity index (χ2n) is 5.04. The van der Waals surface area contributed by atoms with E-state index in [-0.39, 0.29) is 17.1 Å². The fraction of sp³-hybridized carbons (Fsp3) is 0.200. The summed E-state index contributed by atoms with van der Waals surface area (Å²) in [6.07, 6.45) is -3.79. The van der Waals surface area contributed by atoms with Gasteiger partial charge in [0.15, 0.2) is 0 Å². The lowest BCUT2D eigenvalue weighted by molar-refractivity contribution is -0.384. The number of hydrogen-bond donors (Lipinski definition) is 1. The maximum atomic E-state index is 12.7. The van der Waals surface area contributed by atoms with Crippen LogP contribution >= 0.6 is 0 Å². The zero-order chi connectivity index (χ0) is 19.5. The maximum Gasteiger partial charge on any atom is 0.421 e. The lowest BCUT2D eigenvalue weighted by Crippen LogP contribution is -2.32. The third-order valence-electron chi connectivity index (χ3n) is 3.31. The van der Waals surface area contributed by atoms with E-state index in [0.717, 1.165) is 24.4 Å². The van der Waals surface area contributed by atoms with Crippen LogP contribution < -0.4 is 15.6 Å². The van der Waals surface area contributed by atoms with Gasteiger partial charge >= 0.3 is 6.18 Å². The van der Waals surface area contributed by atoms with E-state index in [2.05, 4.69) is 5.32 Å². The number of methoxy groups -OCH3 is 1. The van der Waals surface area contributed by atoms with E-state index in [0.29, 0.717) is 10.6 Å². The van der Waals surface area contributed by atoms with Crippen molar-refractivity contribution in [3.05, 3.63) is 62.6 Å². The van der Waals surface area contributed by atoms with E-state index in [1.807, 2.05) is 0 Å². The lowest BCUT2D eigenvalue weighted by atomic mass is 10.2. The summed E-state index contributed by atoms with van der Waals surface area (Å²) in [7, 11) is 1.23. The van der Waals surface area contributed by atoms with Crippen molar-refractivity contribution < 1.29 is 27.6 Å². The van der Waals surface area contributed by atoms with E-state index in [4.69, 9.17) is 4.74 Å². The van der Waals surface area contributed by atoms with Crippen LogP contribution in [0.3, 0.4) is 0 Å². The fourth-order valence-electron chi connectivity index (χ4n) is 2.12. The number of nitro benzene ring substituents is 1. The standard InChI is InChI=1S/C15H12F3N3O5/c1-26-12-7-9(21(24)25)4-5-11(12)19-13(22)8-20-6-2-3-10(14(20)23)15(16,17)18/h2-7H,8H2,1H3,(H,19,22). The molecule has 1 aromatic heterocycles. The molecule has 0 fully saturated rings. The van der Waals surface area contributed by atoms with Gasteiger partial charge in [0, 0.05) is 12.3 Å². The SMILES string of the molecule is COc1cc([N+](=O)[O-])ccc1NC(=O)Cn1cccc(C(F)(F)F)c1=O. The Hall–Kier alpha value is -3.37. The quantitative estimate of drug-likeness (QED) is 0.642. The molecular formula is C15H12F3N3O5. The van der Waals surface area contributed by atoms with Crippen LogP contribution in [0.2, 0.25) is 0 Å². The number of carbonyl (C=O) groups is 1. The number of alkyl halides is 3. The molecule has 0 bridgehead atoms. The van der Waals surface area contributed by atoms with Gasteiger partial charge in [-0.2, -0.15) is 13.2 Å². The first kappa shape index (κ1) is 19.0. The average Bonchev–Trinajstić information content (AvgIpc) is 2.55. The van der Waals surface area contributed by atoms with Gasteiger partial charge in [-0.3, -0.25) is 19.7 Å². The zero-order valence-corrected chi connectivity index (χ0v) is 13.2. The molecule has 0 saturated heterocycles. The Kier molecular flexibility index (Phi) is 5.29. The van der Waals surface area contributed by atoms with E-state index in [9.17, 15) is 32.9 Å². The molecule has 1 N–H and O–H groups in total. The third kappa shape index (κ3) is 4.18. The molecule has 1 heterocycles. The highest BCUT2D eigenvalue weighted by Gasteiger charge is 2.34. The fourth-order valence-corrected chi connectivity index (χ4v) is 2.12. The molecule has 0 aliphatic carbocycles. The number of halogens is 3. The van der Waals surface area contributed by atoms with Crippen molar-refractivity contribution in [3.8, 4) is 5.75 Å². The number of nitrogens with one attached hydrogen (secondary N) is 1. The van der Waals surface area contributed by atoms with E-state index in [1.54, 1.807) is 0 Å². The molecule has 0 atom stereocenters. The van der Waals surface area contributed by atoms with Gasteiger partial charge in [-0.25, -0.2) is 0 Å². The number of non-ortho nitro benzene ring substituents is 1. The third-order valence-corrected chi connectivity index (χ3v) is 3.31. The van der Waals surface area contributed by atoms with E-state index in [1.165, 1.54) is 13.2 Å². The molecule has 11 heteroatoms. The molecule has 0 spiro atoms. The minimum absolute atomic E-state index is 0.0102. The number of ether oxygens (including phenoxy) is 1. The van der Waals surface area contributed by atoms with Gasteiger partial charge in [0.2, 0.25) is 5.91 Å². The molecule has 2 aromatic rings. The predicted octanol–water partition coefficient (Wildman–Crippen LogP) is 2.42. The van der Waals surface area contributed by atoms with Crippen molar-refractivity contribution in [2.24, 2.45) is 0 Å². The summed E-state index contributed by atoms with van der Waals surface area (Å²) in [4.78, 5) is 33.9. The van der Waals surface area contributed by atoms with E-state index >= 15 is 0 Å². The van der Waals surface area contributed by atoms with Crippen molar-refractivity contribution in [2.75, 3.05) is 12.4 Å². The van der Waals surface area contributed by atoms with Crippen molar-refractivity contribution in [1.82, 2.24) is 4.57 Å². The Morgan fingerprint density at radius 2 is 2.04 bits per heavy atom. The monoisotopic (exact) mass is 371 g/mol. The van der Waals surface area contributed by atoms with Crippen LogP contribution in [-0.2, 0) is 17.5 Å². The number of rotatable bonds is 5. The molecule has 0 saturated carbocycles. The minimum Gasteiger partial charge on any atom is -0.494 e. The first-order chi connectivity index (χ1) is 12.1. The number of hydrogen-bond acceptors (Lipinski definition) is 5. The first-order valence-electron chi connectivity index (χ1n) is 7.02. The summed E-state index contributed by atoms with van der Waals surface area (Å²) in [6, 6.07) is 5.03. The Balaban J connectivity index is 2.23. The molecule has 26 heavy (non-hydrogen) atoms. The number of aromatic nitrogens is 1. The number of nitrogens with zero attached hydrogens (tertiary/aromatic N) is 2. The summed E-state index contributed by atoms with van der Waals surface area (Å²) in [5.74, 6) is -0.817. The van der Waals surface area contributed by atoms with Crippen LogP contribution in [0.4, 0.5) is 24.5 Å². The summed E-state index contributed by atoms with van der Waals surface area (Å²) in [5, 5.41) is 13.1. The molecule has 1 aromatic carbocycles. The Morgan fingerprint density at radius 3 is 2.62 bits per heavy atom. The van der Waals surface area contributed by atoms with Gasteiger partial charge < -0.3 is 14.6 Å². The molecule has 0 aliphatic heterocycles. The maximum absolute atomic E-state index is 12.7. The zero-order valence-electron chi connectivity index (χ0n) is 13.2. The molecule has 138 valence electrons. The van der Waals surface area contributed by atoms with Gasteiger partial charge in [-0.1, -0.05) is 0 Å². The molecule has 8 nitrogen and oxygen atoms in total. The number of benzene rings is 1. The van der Waals surface area contributed by atoms with Crippen LogP contribution in [0, 0.1) is 10.1 Å². The summed E-state index contributed by atoms with van der Waals surface area (Å²) in [5.41, 5.74) is -2.94. The highest BCUT2D eigenvalue weighted by Crippen LogP contribution is 2.29. The average molecular weight is 371 g/mol. The Labute approximate surface area is 144 Å². The van der Waals surface area contributed by atoms with Crippen LogP contribution in [0.25, 0.3) is 0 Å². The molecule has 0 unspecified atom stereocenters. The molecule has 0 radical (unpaired) electrons. The lowest BCUT2D eigenvalue weighted by Gasteiger charge is -2.12. The molecular weight excluding hydrogens is 359 g/mol. The van der Waals surface area contributed by atoms with Crippen LogP contribution in [0.1, 0.15) is 5.56 Å². The number of anilines is 1. The van der Waals surface area contributed by atoms with Gasteiger partial charge in [-0.05, 0) is 18.2 Å². The topological polar surface area (TPSA) is 103 Å². The molecule has 2 rings (SSSR count). The second kappa shape index (κ2) is 7.25. The summed E-state index contributed by atoms with van der Waals surface area (Å²) < 4.78 is 43.7. The smallest absolute Gasteiger partial charge is 0.421 e. The van der Waals surface area contributed by atoms with Crippen LogP contribution in [0.15, 0.2) is 41.3 Å². The summed E-state index contributed by atoms with van der Waals surface area (Å²) >= 11 is 0. The molecule has 0 aliphatic rings. The Bertz CT molecular complexity index is 908. The van der Waals surface area contributed by atoms with Crippen molar-refractivity contribution in [2.45, 2.75) is 12.7 Å².